The highest BCUT2D eigenvalue weighted by Gasteiger charge is 2.42. The molecule has 6 nitrogen and oxygen atoms in total. The first-order valence-electron chi connectivity index (χ1n) is 9.10. The van der Waals surface area contributed by atoms with Crippen LogP contribution in [0.25, 0.3) is 0 Å². The Morgan fingerprint density at radius 1 is 1.06 bits per heavy atom. The summed E-state index contributed by atoms with van der Waals surface area (Å²) in [5, 5.41) is 2.08. The van der Waals surface area contributed by atoms with Gasteiger partial charge in [-0.15, -0.1) is 0 Å². The van der Waals surface area contributed by atoms with E-state index in [-0.39, 0.29) is 17.4 Å². The van der Waals surface area contributed by atoms with Gasteiger partial charge in [0.2, 0.25) is 0 Å². The van der Waals surface area contributed by atoms with Crippen LogP contribution in [0.15, 0.2) is 36.4 Å². The van der Waals surface area contributed by atoms with Crippen LogP contribution < -0.4 is 14.8 Å². The molecule has 2 aromatic carbocycles. The fourth-order valence-corrected chi connectivity index (χ4v) is 3.72. The summed E-state index contributed by atoms with van der Waals surface area (Å²) >= 11 is 0. The largest absolute Gasteiger partial charge is 0.453 e. The zero-order chi connectivity index (χ0) is 22.3. The Morgan fingerprint density at radius 2 is 1.84 bits per heavy atom. The molecule has 2 aliphatic rings. The third kappa shape index (κ3) is 4.25. The van der Waals surface area contributed by atoms with E-state index in [2.05, 4.69) is 10.1 Å². The molecule has 0 bridgehead atoms. The molecule has 2 aromatic rings. The monoisotopic (exact) mass is 443 g/mol. The van der Waals surface area contributed by atoms with Crippen LogP contribution >= 0.6 is 0 Å². The fraction of sp³-hybridized carbons (Fsp3) is 0.300. The first-order valence-corrected chi connectivity index (χ1v) is 9.10. The van der Waals surface area contributed by atoms with E-state index in [4.69, 9.17) is 9.47 Å². The molecule has 0 radical (unpaired) electrons. The number of nitrogens with one attached hydrogen (secondary N) is 1. The van der Waals surface area contributed by atoms with Crippen molar-refractivity contribution in [2.24, 2.45) is 0 Å². The number of benzene rings is 2. The summed E-state index contributed by atoms with van der Waals surface area (Å²) in [5.41, 5.74) is 0.386. The number of amides is 2. The van der Waals surface area contributed by atoms with Crippen molar-refractivity contribution in [3.63, 3.8) is 0 Å². The molecular weight excluding hydrogens is 429 g/mol. The standard InChI is InChI=1S/C20H14F5NO5/c21-18(22)30-15-8-10(20(23,24)25)2-6-14(15)29-11-3-5-12-9(7-11)1-4-13(12)16-17(27)26-19(28)31-16/h2-3,5-8,13,16,18H,1,4H2,(H,26,27,28)/t13-,16+/m1/s1. The predicted octanol–water partition coefficient (Wildman–Crippen LogP) is 4.76. The van der Waals surface area contributed by atoms with Crippen LogP contribution in [0.2, 0.25) is 0 Å². The molecule has 0 aromatic heterocycles. The second kappa shape index (κ2) is 7.71. The molecule has 2 amide bonds. The number of halogens is 5. The normalized spacial score (nSPS) is 20.5. The highest BCUT2D eigenvalue weighted by Crippen LogP contribution is 2.42. The van der Waals surface area contributed by atoms with Gasteiger partial charge in [-0.3, -0.25) is 10.1 Å². The smallest absolute Gasteiger partial charge is 0.416 e. The van der Waals surface area contributed by atoms with Gasteiger partial charge in [0.25, 0.3) is 5.91 Å². The summed E-state index contributed by atoms with van der Waals surface area (Å²) in [7, 11) is 0. The summed E-state index contributed by atoms with van der Waals surface area (Å²) < 4.78 is 78.7. The lowest BCUT2D eigenvalue weighted by Gasteiger charge is -2.17. The summed E-state index contributed by atoms with van der Waals surface area (Å²) in [6, 6.07) is 6.75. The van der Waals surface area contributed by atoms with Gasteiger partial charge >= 0.3 is 18.9 Å². The van der Waals surface area contributed by atoms with Gasteiger partial charge in [0.15, 0.2) is 17.6 Å². The van der Waals surface area contributed by atoms with Gasteiger partial charge in [-0.2, -0.15) is 22.0 Å². The van der Waals surface area contributed by atoms with Gasteiger partial charge < -0.3 is 14.2 Å². The highest BCUT2D eigenvalue weighted by atomic mass is 19.4. The molecule has 1 aliphatic heterocycles. The number of fused-ring (bicyclic) bond motifs is 1. The minimum Gasteiger partial charge on any atom is -0.453 e. The maximum Gasteiger partial charge on any atom is 0.416 e. The molecule has 0 unspecified atom stereocenters. The number of hydrogen-bond donors (Lipinski definition) is 1. The zero-order valence-corrected chi connectivity index (χ0v) is 15.5. The Hall–Kier alpha value is -3.37. The van der Waals surface area contributed by atoms with Gasteiger partial charge in [0.05, 0.1) is 5.56 Å². The van der Waals surface area contributed by atoms with Gasteiger partial charge in [-0.05, 0) is 54.3 Å². The van der Waals surface area contributed by atoms with E-state index in [9.17, 15) is 31.5 Å². The summed E-state index contributed by atoms with van der Waals surface area (Å²) in [6.07, 6.45) is -5.42. The molecule has 1 N–H and O–H groups in total. The van der Waals surface area contributed by atoms with E-state index in [1.54, 1.807) is 12.1 Å². The first-order chi connectivity index (χ1) is 14.6. The van der Waals surface area contributed by atoms with Gasteiger partial charge in [-0.1, -0.05) is 6.07 Å². The fourth-order valence-electron chi connectivity index (χ4n) is 3.72. The van der Waals surface area contributed by atoms with Crippen molar-refractivity contribution in [2.75, 3.05) is 0 Å². The molecule has 0 saturated carbocycles. The Bertz CT molecular complexity index is 1040. The van der Waals surface area contributed by atoms with Crippen molar-refractivity contribution in [3.05, 3.63) is 53.1 Å². The molecule has 2 atom stereocenters. The van der Waals surface area contributed by atoms with Crippen LogP contribution in [0.1, 0.15) is 29.0 Å². The number of hydrogen-bond acceptors (Lipinski definition) is 5. The maximum atomic E-state index is 12.9. The van der Waals surface area contributed by atoms with Crippen LogP contribution in [0.4, 0.5) is 26.7 Å². The van der Waals surface area contributed by atoms with Crippen LogP contribution in [-0.4, -0.2) is 24.7 Å². The van der Waals surface area contributed by atoms with E-state index in [0.717, 1.165) is 17.2 Å². The van der Waals surface area contributed by atoms with E-state index in [1.807, 2.05) is 0 Å². The average Bonchev–Trinajstić information content (AvgIpc) is 3.23. The van der Waals surface area contributed by atoms with E-state index < -0.39 is 42.2 Å². The Morgan fingerprint density at radius 3 is 2.48 bits per heavy atom. The summed E-state index contributed by atoms with van der Waals surface area (Å²) in [4.78, 5) is 23.2. The number of ether oxygens (including phenoxy) is 3. The molecule has 1 aliphatic carbocycles. The molecular formula is C20H14F5NO5. The minimum absolute atomic E-state index is 0.186. The molecule has 4 rings (SSSR count). The lowest BCUT2D eigenvalue weighted by Crippen LogP contribution is -2.28. The number of alkyl halides is 5. The number of aryl methyl sites for hydroxylation is 1. The first kappa shape index (κ1) is 20.9. The second-order valence-electron chi connectivity index (χ2n) is 6.96. The summed E-state index contributed by atoms with van der Waals surface area (Å²) in [5.74, 6) is -1.75. The quantitative estimate of drug-likeness (QED) is 0.675. The number of carbonyl (C=O) groups is 2. The number of carbonyl (C=O) groups excluding carboxylic acids is 2. The molecule has 1 saturated heterocycles. The second-order valence-corrected chi connectivity index (χ2v) is 6.96. The molecule has 0 spiro atoms. The number of imide groups is 1. The minimum atomic E-state index is -4.74. The zero-order valence-electron chi connectivity index (χ0n) is 15.5. The topological polar surface area (TPSA) is 73.9 Å². The van der Waals surface area contributed by atoms with E-state index in [0.29, 0.717) is 25.0 Å². The van der Waals surface area contributed by atoms with Crippen molar-refractivity contribution >= 4 is 12.0 Å². The van der Waals surface area contributed by atoms with Crippen LogP contribution in [0.3, 0.4) is 0 Å². The van der Waals surface area contributed by atoms with Crippen LogP contribution in [-0.2, 0) is 22.1 Å². The lowest BCUT2D eigenvalue weighted by molar-refractivity contribution is -0.138. The predicted molar refractivity (Wildman–Crippen MR) is 94.1 cm³/mol. The molecule has 11 heteroatoms. The third-order valence-corrected chi connectivity index (χ3v) is 5.04. The molecule has 1 heterocycles. The molecule has 164 valence electrons. The molecule has 31 heavy (non-hydrogen) atoms. The highest BCUT2D eigenvalue weighted by molar-refractivity contribution is 6.00. The van der Waals surface area contributed by atoms with Crippen LogP contribution in [0.5, 0.6) is 17.2 Å². The van der Waals surface area contributed by atoms with Crippen molar-refractivity contribution in [2.45, 2.75) is 37.7 Å². The van der Waals surface area contributed by atoms with Gasteiger partial charge in [0, 0.05) is 5.92 Å². The number of cyclic esters (lactones) is 1. The van der Waals surface area contributed by atoms with E-state index >= 15 is 0 Å². The van der Waals surface area contributed by atoms with Crippen molar-refractivity contribution in [1.82, 2.24) is 5.32 Å². The van der Waals surface area contributed by atoms with Gasteiger partial charge in [-0.25, -0.2) is 4.79 Å². The lowest BCUT2D eigenvalue weighted by atomic mass is 9.95. The van der Waals surface area contributed by atoms with Gasteiger partial charge in [0.1, 0.15) is 5.75 Å². The van der Waals surface area contributed by atoms with Crippen molar-refractivity contribution in [3.8, 4) is 17.2 Å². The average molecular weight is 443 g/mol. The number of rotatable bonds is 5. The van der Waals surface area contributed by atoms with Crippen molar-refractivity contribution < 1.29 is 45.8 Å². The Balaban J connectivity index is 1.58. The van der Waals surface area contributed by atoms with Crippen LogP contribution in [0, 0.1) is 0 Å². The maximum absolute atomic E-state index is 12.9. The van der Waals surface area contributed by atoms with Crippen molar-refractivity contribution in [1.29, 1.82) is 0 Å². The number of alkyl carbamates (subject to hydrolysis) is 1. The SMILES string of the molecule is O=C1NC(=O)[C@H]([C@@H]2CCc3cc(Oc4ccc(C(F)(F)F)cc4OC(F)F)ccc32)O1. The third-order valence-electron chi connectivity index (χ3n) is 5.04. The Labute approximate surface area is 171 Å². The molecule has 1 fully saturated rings. The Kier molecular flexibility index (Phi) is 5.19. The van der Waals surface area contributed by atoms with E-state index in [1.165, 1.54) is 6.07 Å². The summed E-state index contributed by atoms with van der Waals surface area (Å²) in [6.45, 7) is -3.34.